The Labute approximate surface area is 315 Å². The van der Waals surface area contributed by atoms with Crippen LogP contribution in [0.1, 0.15) is 39.3 Å². The van der Waals surface area contributed by atoms with E-state index in [9.17, 15) is 57.9 Å². The van der Waals surface area contributed by atoms with Crippen LogP contribution in [0.4, 0.5) is 5.82 Å². The number of nitrogen functional groups attached to an aromatic ring is 1. The molecule has 30 heteroatoms. The van der Waals surface area contributed by atoms with Crippen LogP contribution in [0.5, 0.6) is 0 Å². The quantitative estimate of drug-likeness (QED) is 0.0338. The third kappa shape index (κ3) is 14.7. The van der Waals surface area contributed by atoms with Gasteiger partial charge in [-0.05, 0) is 0 Å². The zero-order valence-electron chi connectivity index (χ0n) is 29.0. The van der Waals surface area contributed by atoms with Crippen molar-refractivity contribution < 1.29 is 90.7 Å². The van der Waals surface area contributed by atoms with Gasteiger partial charge in [-0.3, -0.25) is 32.5 Å². The summed E-state index contributed by atoms with van der Waals surface area (Å²) in [5.41, 5.74) is 4.21. The number of aromatic nitrogens is 4. The van der Waals surface area contributed by atoms with Gasteiger partial charge in [-0.15, -0.1) is 0 Å². The molecular weight excluding hydrogens is 827 g/mol. The lowest BCUT2D eigenvalue weighted by atomic mass is 9.87. The first-order valence-corrected chi connectivity index (χ1v) is 21.3. The number of fused-ring (bicyclic) bond motifs is 1. The average molecular weight is 870 g/mol. The van der Waals surface area contributed by atoms with Crippen LogP contribution in [0, 0.1) is 5.41 Å². The molecule has 0 aromatic carbocycles. The second-order valence-electron chi connectivity index (χ2n) is 12.3. The van der Waals surface area contributed by atoms with Crippen LogP contribution in [0.3, 0.4) is 0 Å². The fourth-order valence-corrected chi connectivity index (χ4v) is 8.14. The van der Waals surface area contributed by atoms with Gasteiger partial charge in [-0.25, -0.2) is 28.6 Å². The monoisotopic (exact) mass is 869 g/mol. The van der Waals surface area contributed by atoms with Gasteiger partial charge in [-0.2, -0.15) is 4.31 Å². The number of hydrogen-bond acceptors (Lipinski definition) is 20. The van der Waals surface area contributed by atoms with E-state index in [0.29, 0.717) is 0 Å². The molecule has 2 aromatic heterocycles. The second-order valence-corrected chi connectivity index (χ2v) is 17.7. The van der Waals surface area contributed by atoms with Crippen molar-refractivity contribution in [2.24, 2.45) is 5.41 Å². The van der Waals surface area contributed by atoms with Gasteiger partial charge in [0.2, 0.25) is 11.8 Å². The summed E-state index contributed by atoms with van der Waals surface area (Å²) >= 11 is 0.890. The van der Waals surface area contributed by atoms with Gasteiger partial charge in [0.1, 0.15) is 36.3 Å². The molecule has 3 heterocycles. The second kappa shape index (κ2) is 19.8. The maximum Gasteiger partial charge on any atom is 0.481 e. The molecule has 12 N–H and O–H groups in total. The molecule has 1 fully saturated rings. The number of ether oxygens (including phenoxy) is 1. The van der Waals surface area contributed by atoms with Crippen LogP contribution in [0.25, 0.3) is 11.2 Å². The molecule has 7 atom stereocenters. The first kappa shape index (κ1) is 46.9. The van der Waals surface area contributed by atoms with Crippen LogP contribution < -0.4 is 16.4 Å². The number of carbonyl (C=O) groups is 3. The summed E-state index contributed by atoms with van der Waals surface area (Å²) in [6.07, 6.45) is -8.83. The molecule has 0 radical (unpaired) electrons. The van der Waals surface area contributed by atoms with Crippen molar-refractivity contribution >= 4 is 69.1 Å². The van der Waals surface area contributed by atoms with E-state index in [4.69, 9.17) is 29.7 Å². The number of aliphatic hydroxyl groups is 4. The van der Waals surface area contributed by atoms with Crippen molar-refractivity contribution in [3.8, 4) is 0 Å². The highest BCUT2D eigenvalue weighted by Crippen LogP contribution is 2.61. The Morgan fingerprint density at radius 2 is 1.69 bits per heavy atom. The van der Waals surface area contributed by atoms with Crippen molar-refractivity contribution in [2.45, 2.75) is 70.0 Å². The number of anilines is 1. The molecule has 2 aromatic rings. The highest BCUT2D eigenvalue weighted by molar-refractivity contribution is 8.13. The van der Waals surface area contributed by atoms with Gasteiger partial charge in [0.25, 0.3) is 0 Å². The summed E-state index contributed by atoms with van der Waals surface area (Å²) in [4.78, 5) is 86.9. The van der Waals surface area contributed by atoms with Gasteiger partial charge in [0.15, 0.2) is 29.1 Å². The summed E-state index contributed by atoms with van der Waals surface area (Å²) in [6, 6.07) is 0. The normalized spacial score (nSPS) is 21.9. The molecule has 26 nitrogen and oxygen atoms in total. The summed E-state index contributed by atoms with van der Waals surface area (Å²) in [6.45, 7) is 0.262. The number of amides is 2. The van der Waals surface area contributed by atoms with Crippen LogP contribution in [-0.2, 0) is 50.7 Å². The fourth-order valence-electron chi connectivity index (χ4n) is 4.61. The van der Waals surface area contributed by atoms with Gasteiger partial charge < -0.3 is 61.1 Å². The molecule has 1 aliphatic rings. The van der Waals surface area contributed by atoms with E-state index in [-0.39, 0.29) is 60.2 Å². The Morgan fingerprint density at radius 3 is 2.35 bits per heavy atom. The number of thioether (sulfide) groups is 1. The minimum atomic E-state index is -5.58. The highest BCUT2D eigenvalue weighted by atomic mass is 32.2. The number of carbonyl (C=O) groups excluding carboxylic acids is 3. The number of nitrogens with zero attached hydrogens (tertiary/aromatic N) is 4. The number of rotatable bonds is 22. The van der Waals surface area contributed by atoms with Gasteiger partial charge >= 0.3 is 23.5 Å². The van der Waals surface area contributed by atoms with Crippen molar-refractivity contribution in [2.75, 3.05) is 37.8 Å². The van der Waals surface area contributed by atoms with Crippen molar-refractivity contribution in [3.05, 3.63) is 12.7 Å². The Hall–Kier alpha value is -2.52. The predicted octanol–water partition coefficient (Wildman–Crippen LogP) is -2.24. The average Bonchev–Trinajstić information content (AvgIpc) is 3.63. The zero-order valence-corrected chi connectivity index (χ0v) is 32.5. The summed E-state index contributed by atoms with van der Waals surface area (Å²) < 4.78 is 61.9. The maximum atomic E-state index is 12.6. The molecule has 1 aliphatic heterocycles. The van der Waals surface area contributed by atoms with Gasteiger partial charge in [0.05, 0.1) is 19.5 Å². The van der Waals surface area contributed by atoms with E-state index >= 15 is 0 Å². The van der Waals surface area contributed by atoms with Crippen LogP contribution >= 0.6 is 35.2 Å². The van der Waals surface area contributed by atoms with E-state index in [1.54, 1.807) is 0 Å². The molecule has 55 heavy (non-hydrogen) atoms. The predicted molar refractivity (Wildman–Crippen MR) is 185 cm³/mol. The molecule has 1 saturated heterocycles. The van der Waals surface area contributed by atoms with Crippen LogP contribution in [-0.4, -0.2) is 139 Å². The minimum absolute atomic E-state index is 0.0214. The van der Waals surface area contributed by atoms with Crippen LogP contribution in [0.2, 0.25) is 0 Å². The third-order valence-corrected chi connectivity index (χ3v) is 11.4. The SMILES string of the molecule is CC(C)(COP(=O)(O)OP(=O)(O)OC[C@H]1O[C@@H](n2cnc3c(N)ncnc32)[C@H](O)[C@@H]1OP(=O)(O)O)[C@@H](O)C(=O)NCCC(=O)NCCSC(=O)CCC(O)O. The molecule has 0 aliphatic carbocycles. The Bertz CT molecular complexity index is 1800. The third-order valence-electron chi connectivity index (χ3n) is 7.37. The van der Waals surface area contributed by atoms with E-state index in [2.05, 4.69) is 34.4 Å². The standard InChI is InChI=1S/C25H42N7O19P3S/c1-25(2,20(38)23(39)28-6-5-14(33)27-7-8-55-16(36)4-3-15(34)35)10-48-54(45,46)51-53(43,44)47-9-13-19(50-52(40,41)42)18(37)24(49-13)32-12-31-17-21(26)29-11-30-22(17)32/h11-13,15,18-20,24,34-35,37-38H,3-10H2,1-2H3,(H,27,33)(H,28,39)(H,43,44)(H,45,46)(H2,26,29,30)(H2,40,41,42)/t13-,18-,19-,20+,24-/m1/s1. The molecule has 2 unspecified atom stereocenters. The Balaban J connectivity index is 1.49. The summed E-state index contributed by atoms with van der Waals surface area (Å²) in [7, 11) is -16.4. The van der Waals surface area contributed by atoms with Gasteiger partial charge in [0, 0.05) is 43.5 Å². The van der Waals surface area contributed by atoms with Crippen LogP contribution in [0.15, 0.2) is 12.7 Å². The number of nitrogens with two attached hydrogens (primary N) is 1. The van der Waals surface area contributed by atoms with Crippen molar-refractivity contribution in [1.82, 2.24) is 30.2 Å². The molecule has 0 bridgehead atoms. The number of phosphoric ester groups is 3. The smallest absolute Gasteiger partial charge is 0.386 e. The summed E-state index contributed by atoms with van der Waals surface area (Å²) in [5.74, 6) is -1.35. The van der Waals surface area contributed by atoms with Gasteiger partial charge in [-0.1, -0.05) is 25.6 Å². The lowest BCUT2D eigenvalue weighted by Crippen LogP contribution is -2.46. The van der Waals surface area contributed by atoms with Crippen molar-refractivity contribution in [3.63, 3.8) is 0 Å². The number of aliphatic hydroxyl groups excluding tert-OH is 3. The number of hydrogen-bond donors (Lipinski definition) is 11. The minimum Gasteiger partial charge on any atom is -0.386 e. The molecule has 0 saturated carbocycles. The fraction of sp³-hybridized carbons (Fsp3) is 0.680. The topological polar surface area (TPSA) is 404 Å². The summed E-state index contributed by atoms with van der Waals surface area (Å²) in [5, 5.41) is 43.4. The Kier molecular flexibility index (Phi) is 16.8. The molecule has 312 valence electrons. The number of nitrogens with one attached hydrogen (secondary N) is 2. The highest BCUT2D eigenvalue weighted by Gasteiger charge is 2.50. The first-order valence-electron chi connectivity index (χ1n) is 15.8. The van der Waals surface area contributed by atoms with Crippen molar-refractivity contribution in [1.29, 1.82) is 0 Å². The number of imidazole rings is 1. The number of phosphoric acid groups is 3. The van der Waals surface area contributed by atoms with E-state index in [1.165, 1.54) is 13.8 Å². The molecule has 3 rings (SSSR count). The molecule has 0 spiro atoms. The molecule has 2 amide bonds. The zero-order chi connectivity index (χ0) is 41.4. The first-order chi connectivity index (χ1) is 25.4. The van der Waals surface area contributed by atoms with E-state index < -0.39 is 90.8 Å². The Morgan fingerprint density at radius 1 is 1.02 bits per heavy atom. The largest absolute Gasteiger partial charge is 0.481 e. The maximum absolute atomic E-state index is 12.6. The van der Waals surface area contributed by atoms with E-state index in [0.717, 1.165) is 29.0 Å². The molecular formula is C25H42N7O19P3S. The lowest BCUT2D eigenvalue weighted by molar-refractivity contribution is -0.137. The van der Waals surface area contributed by atoms with E-state index in [1.807, 2.05) is 0 Å². The lowest BCUT2D eigenvalue weighted by Gasteiger charge is -2.30.